The van der Waals surface area contributed by atoms with E-state index in [1.807, 2.05) is 0 Å². The molecule has 0 unspecified atom stereocenters. The van der Waals surface area contributed by atoms with E-state index in [-0.39, 0.29) is 11.5 Å². The summed E-state index contributed by atoms with van der Waals surface area (Å²) < 4.78 is 1.42. The largest absolute Gasteiger partial charge is 0.319 e. The van der Waals surface area contributed by atoms with Gasteiger partial charge in [-0.2, -0.15) is 0 Å². The van der Waals surface area contributed by atoms with Crippen molar-refractivity contribution in [3.8, 4) is 0 Å². The third-order valence-corrected chi connectivity index (χ3v) is 4.70. The average Bonchev–Trinajstić information content (AvgIpc) is 3.00. The van der Waals surface area contributed by atoms with Gasteiger partial charge in [-0.15, -0.1) is 10.2 Å². The number of hydrogen-bond donors (Lipinski definition) is 1. The van der Waals surface area contributed by atoms with Gasteiger partial charge in [0.05, 0.1) is 0 Å². The molecule has 2 aromatic rings. The zero-order valence-electron chi connectivity index (χ0n) is 14.2. The molecule has 2 rings (SSSR count). The normalized spacial score (nSPS) is 10.8. The molecule has 2 aromatic heterocycles. The highest BCUT2D eigenvalue weighted by Crippen LogP contribution is 2.18. The van der Waals surface area contributed by atoms with Crippen LogP contribution in [0.4, 0.5) is 5.13 Å². The van der Waals surface area contributed by atoms with Gasteiger partial charge in [-0.1, -0.05) is 50.4 Å². The minimum Gasteiger partial charge on any atom is -0.319 e. The number of nitrogens with one attached hydrogen (secondary N) is 1. The van der Waals surface area contributed by atoms with E-state index in [0.29, 0.717) is 10.7 Å². The van der Waals surface area contributed by atoms with Crippen molar-refractivity contribution in [2.75, 3.05) is 5.32 Å². The number of nitrogens with zero attached hydrogens (tertiary/aromatic N) is 3. The molecule has 0 atom stereocenters. The molecular formula is C17H24N4O2S. The molecule has 0 aliphatic heterocycles. The molecule has 0 aliphatic carbocycles. The molecule has 0 fully saturated rings. The second-order valence-electron chi connectivity index (χ2n) is 5.84. The third-order valence-electron chi connectivity index (χ3n) is 3.80. The number of rotatable bonds is 9. The van der Waals surface area contributed by atoms with Gasteiger partial charge in [0.1, 0.15) is 5.01 Å². The lowest BCUT2D eigenvalue weighted by atomic mass is 10.1. The second-order valence-corrected chi connectivity index (χ2v) is 6.90. The molecule has 6 nitrogen and oxygen atoms in total. The minimum atomic E-state index is -0.338. The predicted octanol–water partition coefficient (Wildman–Crippen LogP) is 3.39. The lowest BCUT2D eigenvalue weighted by Crippen LogP contribution is -2.19. The zero-order chi connectivity index (χ0) is 17.4. The minimum absolute atomic E-state index is 0.219. The van der Waals surface area contributed by atoms with Crippen LogP contribution in [0, 0.1) is 0 Å². The summed E-state index contributed by atoms with van der Waals surface area (Å²) >= 11 is 1.39. The van der Waals surface area contributed by atoms with Crippen molar-refractivity contribution in [2.24, 2.45) is 7.05 Å². The van der Waals surface area contributed by atoms with Crippen LogP contribution in [0.3, 0.4) is 0 Å². The molecule has 130 valence electrons. The fourth-order valence-electron chi connectivity index (χ4n) is 2.32. The molecule has 7 heteroatoms. The Morgan fingerprint density at radius 2 is 1.96 bits per heavy atom. The molecule has 0 spiro atoms. The highest BCUT2D eigenvalue weighted by Gasteiger charge is 2.11. The monoisotopic (exact) mass is 348 g/mol. The van der Waals surface area contributed by atoms with Crippen LogP contribution >= 0.6 is 11.3 Å². The number of amides is 1. The molecule has 0 saturated heterocycles. The quantitative estimate of drug-likeness (QED) is 0.705. The maximum absolute atomic E-state index is 12.1. The van der Waals surface area contributed by atoms with Gasteiger partial charge in [0, 0.05) is 31.3 Å². The molecule has 0 aliphatic rings. The van der Waals surface area contributed by atoms with E-state index in [4.69, 9.17) is 0 Å². The van der Waals surface area contributed by atoms with Crippen LogP contribution in [0.1, 0.15) is 60.8 Å². The fourth-order valence-corrected chi connectivity index (χ4v) is 3.10. The van der Waals surface area contributed by atoms with Gasteiger partial charge in [0.2, 0.25) is 5.13 Å². The number of pyridine rings is 1. The number of unbranched alkanes of at least 4 members (excludes halogenated alkanes) is 5. The maximum atomic E-state index is 12.1. The summed E-state index contributed by atoms with van der Waals surface area (Å²) in [6, 6.07) is 2.92. The first kappa shape index (κ1) is 18.3. The van der Waals surface area contributed by atoms with E-state index in [1.165, 1.54) is 54.1 Å². The number of hydrogen-bond acceptors (Lipinski definition) is 5. The van der Waals surface area contributed by atoms with Gasteiger partial charge in [-0.05, 0) is 12.5 Å². The van der Waals surface area contributed by atoms with Crippen molar-refractivity contribution in [3.05, 3.63) is 39.3 Å². The van der Waals surface area contributed by atoms with Crippen molar-refractivity contribution in [2.45, 2.75) is 51.9 Å². The van der Waals surface area contributed by atoms with E-state index in [2.05, 4.69) is 22.4 Å². The average molecular weight is 348 g/mol. The Morgan fingerprint density at radius 3 is 2.71 bits per heavy atom. The first-order valence-electron chi connectivity index (χ1n) is 8.40. The van der Waals surface area contributed by atoms with Gasteiger partial charge in [-0.25, -0.2) is 0 Å². The molecule has 0 bridgehead atoms. The summed E-state index contributed by atoms with van der Waals surface area (Å²) in [5.41, 5.74) is 0.106. The zero-order valence-corrected chi connectivity index (χ0v) is 15.1. The first-order valence-corrected chi connectivity index (χ1v) is 9.22. The second kappa shape index (κ2) is 9.32. The molecule has 24 heavy (non-hydrogen) atoms. The Morgan fingerprint density at radius 1 is 1.21 bits per heavy atom. The summed E-state index contributed by atoms with van der Waals surface area (Å²) in [7, 11) is 1.64. The van der Waals surface area contributed by atoms with Crippen LogP contribution in [0.15, 0.2) is 23.1 Å². The highest BCUT2D eigenvalue weighted by atomic mass is 32.1. The van der Waals surface area contributed by atoms with E-state index >= 15 is 0 Å². The van der Waals surface area contributed by atoms with Crippen molar-refractivity contribution >= 4 is 22.4 Å². The van der Waals surface area contributed by atoms with E-state index < -0.39 is 0 Å². The van der Waals surface area contributed by atoms with Crippen LogP contribution in [0.2, 0.25) is 0 Å². The molecule has 0 radical (unpaired) electrons. The summed E-state index contributed by atoms with van der Waals surface area (Å²) in [6.07, 6.45) is 9.89. The van der Waals surface area contributed by atoms with E-state index in [9.17, 15) is 9.59 Å². The predicted molar refractivity (Wildman–Crippen MR) is 96.6 cm³/mol. The molecule has 0 saturated carbocycles. The summed E-state index contributed by atoms with van der Waals surface area (Å²) in [5, 5.41) is 12.2. The summed E-state index contributed by atoms with van der Waals surface area (Å²) in [6.45, 7) is 2.21. The van der Waals surface area contributed by atoms with Crippen molar-refractivity contribution in [1.82, 2.24) is 14.8 Å². The summed E-state index contributed by atoms with van der Waals surface area (Å²) in [5.74, 6) is -0.338. The van der Waals surface area contributed by atoms with Crippen LogP contribution in [-0.4, -0.2) is 20.7 Å². The van der Waals surface area contributed by atoms with Crippen LogP contribution in [-0.2, 0) is 13.5 Å². The van der Waals surface area contributed by atoms with E-state index in [1.54, 1.807) is 19.3 Å². The van der Waals surface area contributed by atoms with Crippen LogP contribution in [0.25, 0.3) is 0 Å². The molecule has 1 N–H and O–H groups in total. The topological polar surface area (TPSA) is 76.9 Å². The Kier molecular flexibility index (Phi) is 7.11. The molecule has 1 amide bonds. The number of anilines is 1. The van der Waals surface area contributed by atoms with Gasteiger partial charge in [-0.3, -0.25) is 14.9 Å². The Balaban J connectivity index is 1.81. The van der Waals surface area contributed by atoms with E-state index in [0.717, 1.165) is 17.8 Å². The van der Waals surface area contributed by atoms with Gasteiger partial charge >= 0.3 is 0 Å². The van der Waals surface area contributed by atoms with Crippen molar-refractivity contribution in [1.29, 1.82) is 0 Å². The highest BCUT2D eigenvalue weighted by molar-refractivity contribution is 7.15. The van der Waals surface area contributed by atoms with Crippen LogP contribution < -0.4 is 10.9 Å². The lowest BCUT2D eigenvalue weighted by molar-refractivity contribution is 0.102. The number of aryl methyl sites for hydroxylation is 2. The van der Waals surface area contributed by atoms with Crippen LogP contribution in [0.5, 0.6) is 0 Å². The molecule has 0 aromatic carbocycles. The van der Waals surface area contributed by atoms with Crippen molar-refractivity contribution < 1.29 is 4.79 Å². The number of carbonyl (C=O) groups is 1. The fraction of sp³-hybridized carbons (Fsp3) is 0.529. The molecule has 2 heterocycles. The first-order chi connectivity index (χ1) is 11.6. The lowest BCUT2D eigenvalue weighted by Gasteiger charge is -2.02. The Labute approximate surface area is 145 Å². The van der Waals surface area contributed by atoms with Gasteiger partial charge in [0.15, 0.2) is 0 Å². The number of carbonyl (C=O) groups excluding carboxylic acids is 1. The summed E-state index contributed by atoms with van der Waals surface area (Å²) in [4.78, 5) is 23.7. The SMILES string of the molecule is CCCCCCCCc1nnc(NC(=O)c2ccn(C)c(=O)c2)s1. The number of aromatic nitrogens is 3. The van der Waals surface area contributed by atoms with Crippen molar-refractivity contribution in [3.63, 3.8) is 0 Å². The van der Waals surface area contributed by atoms with Gasteiger partial charge < -0.3 is 4.57 Å². The third kappa shape index (κ3) is 5.56. The standard InChI is InChI=1S/C17H24N4O2S/c1-3-4-5-6-7-8-9-14-19-20-17(24-14)18-16(23)13-10-11-21(2)15(22)12-13/h10-12H,3-9H2,1-2H3,(H,18,20,23). The Bertz CT molecular complexity index is 723. The Hall–Kier alpha value is -2.02. The smallest absolute Gasteiger partial charge is 0.257 e. The maximum Gasteiger partial charge on any atom is 0.257 e. The van der Waals surface area contributed by atoms with Gasteiger partial charge in [0.25, 0.3) is 11.5 Å². The molecular weight excluding hydrogens is 324 g/mol.